The Labute approximate surface area is 159 Å². The van der Waals surface area contributed by atoms with Gasteiger partial charge in [-0.25, -0.2) is 30.8 Å². The van der Waals surface area contributed by atoms with Gasteiger partial charge in [0.2, 0.25) is 10.0 Å². The van der Waals surface area contributed by atoms with Crippen molar-refractivity contribution >= 4 is 43.4 Å². The third-order valence-corrected chi connectivity index (χ3v) is 5.39. The first-order chi connectivity index (χ1) is 12.4. The van der Waals surface area contributed by atoms with Gasteiger partial charge < -0.3 is 4.74 Å². The van der Waals surface area contributed by atoms with Crippen LogP contribution in [-0.2, 0) is 20.0 Å². The van der Waals surface area contributed by atoms with Crippen LogP contribution in [0.2, 0.25) is 5.02 Å². The number of primary sulfonamides is 1. The van der Waals surface area contributed by atoms with Gasteiger partial charge in [0.05, 0.1) is 18.2 Å². The number of methoxy groups -OCH3 is 1. The average molecular weight is 439 g/mol. The van der Waals surface area contributed by atoms with E-state index in [2.05, 4.69) is 0 Å². The van der Waals surface area contributed by atoms with E-state index < -0.39 is 42.3 Å². The molecule has 7 nitrogen and oxygen atoms in total. The Balaban J connectivity index is 2.43. The highest BCUT2D eigenvalue weighted by atomic mass is 35.5. The summed E-state index contributed by atoms with van der Waals surface area (Å²) in [5.74, 6) is -2.45. The van der Waals surface area contributed by atoms with Gasteiger partial charge in [0, 0.05) is 16.7 Å². The molecule has 2 rings (SSSR count). The smallest absolute Gasteiger partial charge is 0.255 e. The molecular weight excluding hydrogens is 426 g/mol. The number of hydrogen-bond acceptors (Lipinski definition) is 5. The van der Waals surface area contributed by atoms with Crippen molar-refractivity contribution in [2.24, 2.45) is 5.14 Å². The van der Waals surface area contributed by atoms with Crippen LogP contribution in [0, 0.1) is 11.6 Å². The van der Waals surface area contributed by atoms with Gasteiger partial charge in [0.1, 0.15) is 22.3 Å². The summed E-state index contributed by atoms with van der Waals surface area (Å²) in [4.78, 5) is -1.18. The van der Waals surface area contributed by atoms with Crippen LogP contribution in [0.15, 0.2) is 40.6 Å². The first-order valence-corrected chi connectivity index (χ1v) is 10.5. The van der Waals surface area contributed by atoms with E-state index in [0.717, 1.165) is 6.08 Å². The molecule has 0 radical (unpaired) electrons. The molecule has 0 saturated heterocycles. The number of rotatable bonds is 6. The molecule has 0 fully saturated rings. The van der Waals surface area contributed by atoms with Crippen LogP contribution in [-0.4, -0.2) is 23.9 Å². The number of halogens is 3. The first-order valence-electron chi connectivity index (χ1n) is 6.99. The lowest BCUT2D eigenvalue weighted by atomic mass is 10.2. The van der Waals surface area contributed by atoms with Crippen LogP contribution in [0.5, 0.6) is 5.75 Å². The summed E-state index contributed by atoms with van der Waals surface area (Å²) in [5, 5.41) is 5.89. The minimum absolute atomic E-state index is 0.270. The van der Waals surface area contributed by atoms with Gasteiger partial charge >= 0.3 is 0 Å². The van der Waals surface area contributed by atoms with Crippen molar-refractivity contribution in [2.75, 3.05) is 11.8 Å². The summed E-state index contributed by atoms with van der Waals surface area (Å²) in [6, 6.07) is 5.18. The van der Waals surface area contributed by atoms with E-state index >= 15 is 0 Å². The zero-order valence-electron chi connectivity index (χ0n) is 13.6. The minimum atomic E-state index is -4.66. The second kappa shape index (κ2) is 7.80. The number of nitrogens with one attached hydrogen (secondary N) is 1. The maximum Gasteiger partial charge on any atom is 0.255 e. The Morgan fingerprint density at radius 2 is 1.81 bits per heavy atom. The second-order valence-electron chi connectivity index (χ2n) is 5.15. The molecule has 2 aromatic carbocycles. The number of sulfonamides is 2. The third kappa shape index (κ3) is 5.39. The molecule has 2 aromatic rings. The van der Waals surface area contributed by atoms with Crippen molar-refractivity contribution in [2.45, 2.75) is 4.90 Å². The molecule has 0 aromatic heterocycles. The van der Waals surface area contributed by atoms with Gasteiger partial charge in [-0.15, -0.1) is 0 Å². The van der Waals surface area contributed by atoms with E-state index in [-0.39, 0.29) is 11.8 Å². The van der Waals surface area contributed by atoms with Gasteiger partial charge in [-0.2, -0.15) is 0 Å². The largest absolute Gasteiger partial charge is 0.496 e. The van der Waals surface area contributed by atoms with Crippen LogP contribution >= 0.6 is 11.6 Å². The quantitative estimate of drug-likeness (QED) is 0.719. The highest BCUT2D eigenvalue weighted by Crippen LogP contribution is 2.27. The number of anilines is 1. The molecule has 0 amide bonds. The predicted molar refractivity (Wildman–Crippen MR) is 97.3 cm³/mol. The Bertz CT molecular complexity index is 1120. The Morgan fingerprint density at radius 1 is 1.15 bits per heavy atom. The number of nitrogens with two attached hydrogens (primary N) is 1. The molecule has 27 heavy (non-hydrogen) atoms. The molecule has 0 unspecified atom stereocenters. The van der Waals surface area contributed by atoms with Crippen molar-refractivity contribution < 1.29 is 30.4 Å². The molecule has 146 valence electrons. The fourth-order valence-electron chi connectivity index (χ4n) is 2.10. The van der Waals surface area contributed by atoms with Crippen LogP contribution in [0.3, 0.4) is 0 Å². The molecule has 0 bridgehead atoms. The number of ether oxygens (including phenoxy) is 1. The Kier molecular flexibility index (Phi) is 6.10. The maximum atomic E-state index is 13.8. The SMILES string of the molecule is COc1cc(Cl)ccc1/C=C/S(=O)(=O)Nc1cc(F)cc(F)c1S(N)(=O)=O. The lowest BCUT2D eigenvalue weighted by Gasteiger charge is -2.11. The van der Waals surface area contributed by atoms with Gasteiger partial charge in [0.25, 0.3) is 10.0 Å². The van der Waals surface area contributed by atoms with Crippen LogP contribution in [0.1, 0.15) is 5.56 Å². The Morgan fingerprint density at radius 3 is 2.41 bits per heavy atom. The molecular formula is C15H13ClF2N2O5S2. The standard InChI is InChI=1S/C15H13ClF2N2O5S2/c1-25-14-6-10(16)3-2-9(14)4-5-26(21,22)20-13-8-11(17)7-12(18)15(13)27(19,23)24/h2-8,20H,1H3,(H2,19,23,24)/b5-4+. The van der Waals surface area contributed by atoms with E-state index in [1.165, 1.54) is 25.3 Å². The van der Waals surface area contributed by atoms with Gasteiger partial charge in [-0.3, -0.25) is 4.72 Å². The summed E-state index contributed by atoms with van der Waals surface area (Å²) in [6.07, 6.45) is 1.13. The van der Waals surface area contributed by atoms with Gasteiger partial charge in [0.15, 0.2) is 0 Å². The molecule has 0 saturated carbocycles. The zero-order valence-corrected chi connectivity index (χ0v) is 16.0. The fourth-order valence-corrected chi connectivity index (χ4v) is 3.93. The van der Waals surface area contributed by atoms with E-state index in [1.54, 1.807) is 4.72 Å². The molecule has 0 heterocycles. The van der Waals surface area contributed by atoms with Crippen molar-refractivity contribution in [3.8, 4) is 5.75 Å². The molecule has 0 aliphatic heterocycles. The van der Waals surface area contributed by atoms with E-state index in [4.69, 9.17) is 21.5 Å². The van der Waals surface area contributed by atoms with Crippen LogP contribution < -0.4 is 14.6 Å². The topological polar surface area (TPSA) is 116 Å². The van der Waals surface area contributed by atoms with E-state index in [1.807, 2.05) is 0 Å². The van der Waals surface area contributed by atoms with Crippen molar-refractivity contribution in [1.29, 1.82) is 0 Å². The second-order valence-corrected chi connectivity index (χ2v) is 8.65. The lowest BCUT2D eigenvalue weighted by molar-refractivity contribution is 0.414. The molecule has 0 aliphatic carbocycles. The van der Waals surface area contributed by atoms with Gasteiger partial charge in [-0.05, 0) is 30.3 Å². The maximum absolute atomic E-state index is 13.8. The summed E-state index contributed by atoms with van der Waals surface area (Å²) in [5.41, 5.74) is -0.521. The molecule has 12 heteroatoms. The molecule has 0 atom stereocenters. The first kappa shape index (κ1) is 21.1. The molecule has 0 spiro atoms. The number of hydrogen-bond donors (Lipinski definition) is 2. The summed E-state index contributed by atoms with van der Waals surface area (Å²) in [7, 11) is -7.67. The van der Waals surface area contributed by atoms with Crippen molar-refractivity contribution in [1.82, 2.24) is 0 Å². The monoisotopic (exact) mass is 438 g/mol. The summed E-state index contributed by atoms with van der Waals surface area (Å²) < 4.78 is 81.4. The zero-order chi connectivity index (χ0) is 20.4. The molecule has 3 N–H and O–H groups in total. The van der Waals surface area contributed by atoms with Crippen LogP contribution in [0.25, 0.3) is 6.08 Å². The summed E-state index contributed by atoms with van der Waals surface area (Å²) >= 11 is 5.81. The average Bonchev–Trinajstić information content (AvgIpc) is 2.51. The predicted octanol–water partition coefficient (Wildman–Crippen LogP) is 2.69. The van der Waals surface area contributed by atoms with E-state index in [9.17, 15) is 25.6 Å². The van der Waals surface area contributed by atoms with E-state index in [0.29, 0.717) is 22.1 Å². The van der Waals surface area contributed by atoms with Gasteiger partial charge in [-0.1, -0.05) is 11.6 Å². The minimum Gasteiger partial charge on any atom is -0.496 e. The Hall–Kier alpha value is -2.21. The summed E-state index contributed by atoms with van der Waals surface area (Å²) in [6.45, 7) is 0. The van der Waals surface area contributed by atoms with Crippen molar-refractivity contribution in [3.05, 3.63) is 58.0 Å². The molecule has 0 aliphatic rings. The highest BCUT2D eigenvalue weighted by Gasteiger charge is 2.23. The number of benzene rings is 2. The highest BCUT2D eigenvalue weighted by molar-refractivity contribution is 7.95. The normalized spacial score (nSPS) is 12.3. The van der Waals surface area contributed by atoms with Crippen LogP contribution in [0.4, 0.5) is 14.5 Å². The third-order valence-electron chi connectivity index (χ3n) is 3.17. The fraction of sp³-hybridized carbons (Fsp3) is 0.0667. The lowest BCUT2D eigenvalue weighted by Crippen LogP contribution is -2.19. The van der Waals surface area contributed by atoms with Crippen molar-refractivity contribution in [3.63, 3.8) is 0 Å².